The third-order valence-electron chi connectivity index (χ3n) is 1.94. The molecular formula is C9H14N2O. The Labute approximate surface area is 72.4 Å². The average molecular weight is 166 g/mol. The first kappa shape index (κ1) is 8.97. The lowest BCUT2D eigenvalue weighted by atomic mass is 10.2. The first-order chi connectivity index (χ1) is 5.79. The quantitative estimate of drug-likeness (QED) is 0.633. The van der Waals surface area contributed by atoms with Crippen molar-refractivity contribution >= 4 is 6.29 Å². The van der Waals surface area contributed by atoms with Gasteiger partial charge in [0.25, 0.3) is 0 Å². The Morgan fingerprint density at radius 3 is 3.00 bits per heavy atom. The summed E-state index contributed by atoms with van der Waals surface area (Å²) in [4.78, 5) is 10.3. The van der Waals surface area contributed by atoms with E-state index in [0.29, 0.717) is 6.42 Å². The fourth-order valence-corrected chi connectivity index (χ4v) is 1.21. The topological polar surface area (TPSA) is 34.9 Å². The molecule has 1 heterocycles. The molecule has 1 aromatic rings. The third kappa shape index (κ3) is 1.72. The van der Waals surface area contributed by atoms with Crippen molar-refractivity contribution in [2.24, 2.45) is 0 Å². The number of nitrogens with zero attached hydrogens (tertiary/aromatic N) is 2. The zero-order chi connectivity index (χ0) is 8.97. The molecule has 0 N–H and O–H groups in total. The van der Waals surface area contributed by atoms with Crippen LogP contribution in [-0.2, 0) is 17.8 Å². The molecule has 12 heavy (non-hydrogen) atoms. The zero-order valence-electron chi connectivity index (χ0n) is 7.58. The number of hydrogen-bond acceptors (Lipinski definition) is 2. The highest BCUT2D eigenvalue weighted by atomic mass is 16.1. The van der Waals surface area contributed by atoms with Gasteiger partial charge in [-0.05, 0) is 13.3 Å². The molecule has 3 nitrogen and oxygen atoms in total. The maximum absolute atomic E-state index is 10.3. The van der Waals surface area contributed by atoms with Gasteiger partial charge in [0.05, 0.1) is 6.20 Å². The van der Waals surface area contributed by atoms with Crippen molar-refractivity contribution in [3.63, 3.8) is 0 Å². The predicted molar refractivity (Wildman–Crippen MR) is 47.0 cm³/mol. The zero-order valence-corrected chi connectivity index (χ0v) is 7.58. The van der Waals surface area contributed by atoms with E-state index in [1.807, 2.05) is 11.6 Å². The molecule has 0 saturated heterocycles. The Balaban J connectivity index is 2.80. The summed E-state index contributed by atoms with van der Waals surface area (Å²) in [5.74, 6) is 0. The van der Waals surface area contributed by atoms with E-state index in [0.717, 1.165) is 30.5 Å². The SMILES string of the molecule is CCCn1ncc(CC=O)c1C. The van der Waals surface area contributed by atoms with Gasteiger partial charge in [0.15, 0.2) is 0 Å². The van der Waals surface area contributed by atoms with Crippen molar-refractivity contribution in [3.8, 4) is 0 Å². The Morgan fingerprint density at radius 2 is 2.42 bits per heavy atom. The van der Waals surface area contributed by atoms with Gasteiger partial charge >= 0.3 is 0 Å². The highest BCUT2D eigenvalue weighted by Crippen LogP contribution is 2.07. The van der Waals surface area contributed by atoms with Gasteiger partial charge in [-0.1, -0.05) is 6.92 Å². The van der Waals surface area contributed by atoms with Crippen molar-refractivity contribution in [3.05, 3.63) is 17.5 Å². The minimum absolute atomic E-state index is 0.482. The normalized spacial score (nSPS) is 10.2. The second-order valence-electron chi connectivity index (χ2n) is 2.85. The molecule has 3 heteroatoms. The van der Waals surface area contributed by atoms with Gasteiger partial charge < -0.3 is 4.79 Å². The minimum Gasteiger partial charge on any atom is -0.303 e. The highest BCUT2D eigenvalue weighted by molar-refractivity contribution is 5.55. The molecule has 0 aromatic carbocycles. The summed E-state index contributed by atoms with van der Waals surface area (Å²) in [6.45, 7) is 5.05. The number of aromatic nitrogens is 2. The average Bonchev–Trinajstić information content (AvgIpc) is 2.38. The van der Waals surface area contributed by atoms with Crippen molar-refractivity contribution in [2.45, 2.75) is 33.2 Å². The van der Waals surface area contributed by atoms with Crippen LogP contribution in [0.2, 0.25) is 0 Å². The summed E-state index contributed by atoms with van der Waals surface area (Å²) in [6.07, 6.45) is 4.25. The first-order valence-corrected chi connectivity index (χ1v) is 4.24. The summed E-state index contributed by atoms with van der Waals surface area (Å²) >= 11 is 0. The maximum Gasteiger partial charge on any atom is 0.124 e. The Kier molecular flexibility index (Phi) is 3.02. The molecule has 0 amide bonds. The van der Waals surface area contributed by atoms with Crippen molar-refractivity contribution in [1.29, 1.82) is 0 Å². The van der Waals surface area contributed by atoms with Gasteiger partial charge in [0.1, 0.15) is 6.29 Å². The molecule has 0 fully saturated rings. The van der Waals surface area contributed by atoms with Crippen molar-refractivity contribution in [2.75, 3.05) is 0 Å². The Hall–Kier alpha value is -1.12. The van der Waals surface area contributed by atoms with Gasteiger partial charge in [0.2, 0.25) is 0 Å². The largest absolute Gasteiger partial charge is 0.303 e. The fraction of sp³-hybridized carbons (Fsp3) is 0.556. The molecule has 1 aromatic heterocycles. The van der Waals surface area contributed by atoms with Gasteiger partial charge in [-0.25, -0.2) is 0 Å². The Morgan fingerprint density at radius 1 is 1.67 bits per heavy atom. The van der Waals surface area contributed by atoms with Crippen LogP contribution in [0.5, 0.6) is 0 Å². The number of aldehydes is 1. The first-order valence-electron chi connectivity index (χ1n) is 4.24. The van der Waals surface area contributed by atoms with Crippen LogP contribution in [0.1, 0.15) is 24.6 Å². The number of aryl methyl sites for hydroxylation is 1. The van der Waals surface area contributed by atoms with E-state index in [1.54, 1.807) is 6.20 Å². The van der Waals surface area contributed by atoms with E-state index in [1.165, 1.54) is 0 Å². The molecule has 66 valence electrons. The minimum atomic E-state index is 0.482. The van der Waals surface area contributed by atoms with Crippen LogP contribution in [0, 0.1) is 6.92 Å². The molecule has 0 aliphatic rings. The lowest BCUT2D eigenvalue weighted by Gasteiger charge is -2.01. The lowest BCUT2D eigenvalue weighted by Crippen LogP contribution is -2.01. The van der Waals surface area contributed by atoms with Crippen LogP contribution in [0.4, 0.5) is 0 Å². The highest BCUT2D eigenvalue weighted by Gasteiger charge is 2.03. The number of hydrogen-bond donors (Lipinski definition) is 0. The summed E-state index contributed by atoms with van der Waals surface area (Å²) in [5, 5.41) is 4.18. The molecule has 0 radical (unpaired) electrons. The maximum atomic E-state index is 10.3. The van der Waals surface area contributed by atoms with E-state index in [9.17, 15) is 4.79 Å². The number of rotatable bonds is 4. The van der Waals surface area contributed by atoms with Gasteiger partial charge in [-0.15, -0.1) is 0 Å². The summed E-state index contributed by atoms with van der Waals surface area (Å²) < 4.78 is 1.94. The van der Waals surface area contributed by atoms with Crippen LogP contribution in [0.3, 0.4) is 0 Å². The standard InChI is InChI=1S/C9H14N2O/c1-3-5-11-8(2)9(4-6-12)7-10-11/h6-7H,3-5H2,1-2H3. The predicted octanol–water partition coefficient (Wildman–Crippen LogP) is 1.34. The third-order valence-corrected chi connectivity index (χ3v) is 1.94. The van der Waals surface area contributed by atoms with Crippen LogP contribution >= 0.6 is 0 Å². The van der Waals surface area contributed by atoms with E-state index in [-0.39, 0.29) is 0 Å². The summed E-state index contributed by atoms with van der Waals surface area (Å²) in [6, 6.07) is 0. The smallest absolute Gasteiger partial charge is 0.124 e. The summed E-state index contributed by atoms with van der Waals surface area (Å²) in [5.41, 5.74) is 2.16. The van der Waals surface area contributed by atoms with E-state index >= 15 is 0 Å². The lowest BCUT2D eigenvalue weighted by molar-refractivity contribution is -0.107. The van der Waals surface area contributed by atoms with Gasteiger partial charge in [-0.2, -0.15) is 5.10 Å². The molecule has 0 spiro atoms. The van der Waals surface area contributed by atoms with E-state index in [2.05, 4.69) is 12.0 Å². The molecule has 0 atom stereocenters. The second kappa shape index (κ2) is 4.04. The van der Waals surface area contributed by atoms with Crippen LogP contribution in [0.15, 0.2) is 6.20 Å². The molecule has 0 bridgehead atoms. The molecule has 0 aliphatic carbocycles. The van der Waals surface area contributed by atoms with Crippen LogP contribution in [-0.4, -0.2) is 16.1 Å². The number of carbonyl (C=O) groups is 1. The molecule has 0 unspecified atom stereocenters. The van der Waals surface area contributed by atoms with Crippen LogP contribution < -0.4 is 0 Å². The van der Waals surface area contributed by atoms with Crippen LogP contribution in [0.25, 0.3) is 0 Å². The molecule has 0 aliphatic heterocycles. The van der Waals surface area contributed by atoms with Gasteiger partial charge in [0, 0.05) is 24.2 Å². The molecular weight excluding hydrogens is 152 g/mol. The van der Waals surface area contributed by atoms with Crippen molar-refractivity contribution < 1.29 is 4.79 Å². The second-order valence-corrected chi connectivity index (χ2v) is 2.85. The van der Waals surface area contributed by atoms with Gasteiger partial charge in [-0.3, -0.25) is 4.68 Å². The number of carbonyl (C=O) groups excluding carboxylic acids is 1. The molecule has 1 rings (SSSR count). The van der Waals surface area contributed by atoms with Crippen molar-refractivity contribution in [1.82, 2.24) is 9.78 Å². The Bertz CT molecular complexity index is 265. The fourth-order valence-electron chi connectivity index (χ4n) is 1.21. The monoisotopic (exact) mass is 166 g/mol. The van der Waals surface area contributed by atoms with E-state index in [4.69, 9.17) is 0 Å². The summed E-state index contributed by atoms with van der Waals surface area (Å²) in [7, 11) is 0. The molecule has 0 saturated carbocycles. The van der Waals surface area contributed by atoms with E-state index < -0.39 is 0 Å².